The summed E-state index contributed by atoms with van der Waals surface area (Å²) in [6.45, 7) is 0.774. The lowest BCUT2D eigenvalue weighted by molar-refractivity contribution is 0.748. The minimum Gasteiger partial charge on any atom is -0.354 e. The van der Waals surface area contributed by atoms with Crippen molar-refractivity contribution >= 4 is 34.6 Å². The second-order valence-corrected chi connectivity index (χ2v) is 5.69. The average Bonchev–Trinajstić information content (AvgIpc) is 3.06. The molecule has 106 valence electrons. The highest BCUT2D eigenvalue weighted by Gasteiger charge is 2.12. The summed E-state index contributed by atoms with van der Waals surface area (Å²) in [7, 11) is 0. The lowest BCUT2D eigenvalue weighted by atomic mass is 10.0. The van der Waals surface area contributed by atoms with Crippen molar-refractivity contribution in [3.05, 3.63) is 47.3 Å². The molecule has 1 aromatic carbocycles. The molecular formula is C16H19ClN2S. The van der Waals surface area contributed by atoms with E-state index in [4.69, 9.17) is 5.73 Å². The summed E-state index contributed by atoms with van der Waals surface area (Å²) in [5.74, 6) is 0. The zero-order valence-electron chi connectivity index (χ0n) is 11.3. The number of benzene rings is 1. The van der Waals surface area contributed by atoms with Gasteiger partial charge >= 0.3 is 0 Å². The number of nitrogens with two attached hydrogens (primary N) is 1. The van der Waals surface area contributed by atoms with Crippen LogP contribution in [0.2, 0.25) is 0 Å². The number of nitrogens with one attached hydrogen (secondary N) is 1. The van der Waals surface area contributed by atoms with Crippen molar-refractivity contribution < 1.29 is 0 Å². The Morgan fingerprint density at radius 3 is 2.65 bits per heavy atom. The number of aromatic amines is 1. The van der Waals surface area contributed by atoms with Crippen molar-refractivity contribution in [2.75, 3.05) is 6.54 Å². The van der Waals surface area contributed by atoms with Crippen molar-refractivity contribution in [3.8, 4) is 10.6 Å². The summed E-state index contributed by atoms with van der Waals surface area (Å²) in [6, 6.07) is 12.8. The predicted molar refractivity (Wildman–Crippen MR) is 90.9 cm³/mol. The van der Waals surface area contributed by atoms with Gasteiger partial charge < -0.3 is 10.7 Å². The molecule has 0 atom stereocenters. The number of halogens is 1. The van der Waals surface area contributed by atoms with Gasteiger partial charge in [0, 0.05) is 10.9 Å². The van der Waals surface area contributed by atoms with Crippen LogP contribution in [0.25, 0.3) is 21.5 Å². The first-order valence-electron chi connectivity index (χ1n) is 6.73. The Morgan fingerprint density at radius 2 is 1.90 bits per heavy atom. The Kier molecular flexibility index (Phi) is 5.24. The van der Waals surface area contributed by atoms with Crippen molar-refractivity contribution in [3.63, 3.8) is 0 Å². The summed E-state index contributed by atoms with van der Waals surface area (Å²) in [6.07, 6.45) is 3.33. The summed E-state index contributed by atoms with van der Waals surface area (Å²) in [5, 5.41) is 3.48. The number of aromatic nitrogens is 1. The molecule has 2 heterocycles. The third kappa shape index (κ3) is 2.90. The Morgan fingerprint density at radius 1 is 1.05 bits per heavy atom. The number of hydrogen-bond acceptors (Lipinski definition) is 2. The first-order chi connectivity index (χ1) is 9.40. The number of unbranched alkanes of at least 4 members (excludes halogenated alkanes) is 1. The molecule has 2 nitrogen and oxygen atoms in total. The summed E-state index contributed by atoms with van der Waals surface area (Å²) in [4.78, 5) is 4.89. The van der Waals surface area contributed by atoms with Gasteiger partial charge in [-0.15, -0.1) is 23.7 Å². The van der Waals surface area contributed by atoms with Gasteiger partial charge in [0.25, 0.3) is 0 Å². The average molecular weight is 307 g/mol. The smallest absolute Gasteiger partial charge is 0.0598 e. The van der Waals surface area contributed by atoms with Crippen LogP contribution in [0.5, 0.6) is 0 Å². The SMILES string of the molecule is Cl.NCCCCc1c(-c2cccs2)[nH]c2ccccc12. The molecule has 0 bridgehead atoms. The first kappa shape index (κ1) is 15.1. The van der Waals surface area contributed by atoms with Crippen molar-refractivity contribution in [2.24, 2.45) is 5.73 Å². The molecule has 0 aliphatic heterocycles. The van der Waals surface area contributed by atoms with Gasteiger partial charge in [-0.2, -0.15) is 0 Å². The van der Waals surface area contributed by atoms with E-state index in [9.17, 15) is 0 Å². The molecule has 0 spiro atoms. The normalized spacial score (nSPS) is 10.7. The maximum Gasteiger partial charge on any atom is 0.0598 e. The molecule has 3 N–H and O–H groups in total. The standard InChI is InChI=1S/C16H18N2S.ClH/c17-10-4-3-7-13-12-6-1-2-8-14(12)18-16(13)15-9-5-11-19-15;/h1-2,5-6,8-9,11,18H,3-4,7,10,17H2;1H. The number of H-pyrrole nitrogens is 1. The van der Waals surface area contributed by atoms with Gasteiger partial charge in [0.05, 0.1) is 10.6 Å². The van der Waals surface area contributed by atoms with Crippen LogP contribution in [0.15, 0.2) is 41.8 Å². The topological polar surface area (TPSA) is 41.8 Å². The molecular weight excluding hydrogens is 288 g/mol. The lowest BCUT2D eigenvalue weighted by Crippen LogP contribution is -1.99. The lowest BCUT2D eigenvalue weighted by Gasteiger charge is -2.03. The highest BCUT2D eigenvalue weighted by atomic mass is 35.5. The van der Waals surface area contributed by atoms with Gasteiger partial charge in [-0.25, -0.2) is 0 Å². The molecule has 0 saturated carbocycles. The number of aryl methyl sites for hydroxylation is 1. The van der Waals surface area contributed by atoms with E-state index < -0.39 is 0 Å². The highest BCUT2D eigenvalue weighted by molar-refractivity contribution is 7.13. The van der Waals surface area contributed by atoms with Gasteiger partial charge in [-0.3, -0.25) is 0 Å². The predicted octanol–water partition coefficient (Wildman–Crippen LogP) is 4.60. The molecule has 0 radical (unpaired) electrons. The molecule has 0 unspecified atom stereocenters. The number of rotatable bonds is 5. The van der Waals surface area contributed by atoms with E-state index >= 15 is 0 Å². The third-order valence-corrected chi connectivity index (χ3v) is 4.35. The highest BCUT2D eigenvalue weighted by Crippen LogP contribution is 2.33. The van der Waals surface area contributed by atoms with E-state index in [1.165, 1.54) is 27.0 Å². The monoisotopic (exact) mass is 306 g/mol. The molecule has 4 heteroatoms. The Hall–Kier alpha value is -1.29. The van der Waals surface area contributed by atoms with Crippen LogP contribution in [0.4, 0.5) is 0 Å². The second kappa shape index (κ2) is 6.93. The van der Waals surface area contributed by atoms with E-state index in [0.717, 1.165) is 25.8 Å². The number of hydrogen-bond donors (Lipinski definition) is 2. The van der Waals surface area contributed by atoms with E-state index in [0.29, 0.717) is 0 Å². The fourth-order valence-corrected chi connectivity index (χ4v) is 3.29. The van der Waals surface area contributed by atoms with E-state index in [1.807, 2.05) is 0 Å². The Labute approximate surface area is 129 Å². The van der Waals surface area contributed by atoms with Crippen molar-refractivity contribution in [1.29, 1.82) is 0 Å². The number of thiophene rings is 1. The van der Waals surface area contributed by atoms with E-state index in [-0.39, 0.29) is 12.4 Å². The van der Waals surface area contributed by atoms with Crippen LogP contribution < -0.4 is 5.73 Å². The molecule has 0 amide bonds. The second-order valence-electron chi connectivity index (χ2n) is 4.75. The minimum atomic E-state index is 0. The molecule has 2 aromatic heterocycles. The Bertz CT molecular complexity index is 658. The fraction of sp³-hybridized carbons (Fsp3) is 0.250. The first-order valence-corrected chi connectivity index (χ1v) is 7.61. The van der Waals surface area contributed by atoms with E-state index in [1.54, 1.807) is 11.3 Å². The van der Waals surface area contributed by atoms with Crippen LogP contribution in [0, 0.1) is 0 Å². The molecule has 20 heavy (non-hydrogen) atoms. The number of fused-ring (bicyclic) bond motifs is 1. The fourth-order valence-electron chi connectivity index (χ4n) is 2.54. The van der Waals surface area contributed by atoms with Gasteiger partial charge in [-0.05, 0) is 48.9 Å². The summed E-state index contributed by atoms with van der Waals surface area (Å²) >= 11 is 1.79. The molecule has 0 aliphatic rings. The van der Waals surface area contributed by atoms with Gasteiger partial charge in [0.2, 0.25) is 0 Å². The van der Waals surface area contributed by atoms with Crippen LogP contribution >= 0.6 is 23.7 Å². The van der Waals surface area contributed by atoms with Gasteiger partial charge in [0.1, 0.15) is 0 Å². The molecule has 0 aliphatic carbocycles. The van der Waals surface area contributed by atoms with Gasteiger partial charge in [0.15, 0.2) is 0 Å². The van der Waals surface area contributed by atoms with Crippen LogP contribution in [0.1, 0.15) is 18.4 Å². The van der Waals surface area contributed by atoms with Crippen LogP contribution in [-0.4, -0.2) is 11.5 Å². The van der Waals surface area contributed by atoms with Crippen molar-refractivity contribution in [1.82, 2.24) is 4.98 Å². The van der Waals surface area contributed by atoms with E-state index in [2.05, 4.69) is 46.8 Å². The molecule has 0 fully saturated rings. The van der Waals surface area contributed by atoms with Crippen LogP contribution in [0.3, 0.4) is 0 Å². The minimum absolute atomic E-state index is 0. The quantitative estimate of drug-likeness (QED) is 0.665. The zero-order valence-corrected chi connectivity index (χ0v) is 12.9. The zero-order chi connectivity index (χ0) is 13.1. The third-order valence-electron chi connectivity index (χ3n) is 3.46. The number of para-hydroxylation sites is 1. The maximum atomic E-state index is 5.61. The summed E-state index contributed by atoms with van der Waals surface area (Å²) in [5.41, 5.74) is 9.56. The van der Waals surface area contributed by atoms with Crippen LogP contribution in [-0.2, 0) is 6.42 Å². The maximum absolute atomic E-state index is 5.61. The van der Waals surface area contributed by atoms with Gasteiger partial charge in [-0.1, -0.05) is 24.3 Å². The molecule has 0 saturated heterocycles. The Balaban J connectivity index is 0.00000147. The molecule has 3 rings (SSSR count). The molecule has 3 aromatic rings. The summed E-state index contributed by atoms with van der Waals surface area (Å²) < 4.78 is 0. The largest absolute Gasteiger partial charge is 0.354 e. The van der Waals surface area contributed by atoms with Crippen molar-refractivity contribution in [2.45, 2.75) is 19.3 Å².